The van der Waals surface area contributed by atoms with Gasteiger partial charge in [-0.15, -0.1) is 0 Å². The highest BCUT2D eigenvalue weighted by Gasteiger charge is 2.26. The Kier molecular flexibility index (Phi) is 12.7. The number of aromatic nitrogens is 1. The monoisotopic (exact) mass is 682 g/mol. The van der Waals surface area contributed by atoms with E-state index >= 15 is 0 Å². The molecule has 258 valence electrons. The summed E-state index contributed by atoms with van der Waals surface area (Å²) in [6.07, 6.45) is 15.3. The Balaban J connectivity index is 1.31. The van der Waals surface area contributed by atoms with Gasteiger partial charge in [-0.1, -0.05) is 67.0 Å². The summed E-state index contributed by atoms with van der Waals surface area (Å²) in [5.74, 6) is -0.351. The van der Waals surface area contributed by atoms with E-state index in [1.54, 1.807) is 42.0 Å². The summed E-state index contributed by atoms with van der Waals surface area (Å²) in [5.41, 5.74) is 7.48. The van der Waals surface area contributed by atoms with Gasteiger partial charge < -0.3 is 14.8 Å². The predicted molar refractivity (Wildman–Crippen MR) is 198 cm³/mol. The van der Waals surface area contributed by atoms with Gasteiger partial charge >= 0.3 is 5.97 Å². The number of benzene rings is 2. The fourth-order valence-electron chi connectivity index (χ4n) is 6.27. The highest BCUT2D eigenvalue weighted by atomic mass is 35.5. The third-order valence-electron chi connectivity index (χ3n) is 8.96. The maximum absolute atomic E-state index is 13.5. The first kappa shape index (κ1) is 37.2. The molecule has 0 radical (unpaired) electrons. The van der Waals surface area contributed by atoms with Crippen LogP contribution >= 0.6 is 11.6 Å². The number of carbonyl (C=O) groups excluding carboxylic acids is 3. The van der Waals surface area contributed by atoms with E-state index in [4.69, 9.17) is 21.1 Å². The molecule has 0 aliphatic heterocycles. The van der Waals surface area contributed by atoms with Crippen LogP contribution in [0.1, 0.15) is 75.5 Å². The molecule has 1 aromatic heterocycles. The molecule has 1 aliphatic carbocycles. The van der Waals surface area contributed by atoms with Crippen LogP contribution in [0.4, 0.5) is 0 Å². The van der Waals surface area contributed by atoms with Crippen LogP contribution in [0.2, 0.25) is 5.02 Å². The van der Waals surface area contributed by atoms with Crippen molar-refractivity contribution < 1.29 is 23.9 Å². The molecule has 1 aliphatic rings. The number of ether oxygens (including phenoxy) is 2. The van der Waals surface area contributed by atoms with Crippen LogP contribution in [0.3, 0.4) is 0 Å². The number of methoxy groups -OCH3 is 1. The second-order valence-corrected chi connectivity index (χ2v) is 13.6. The first-order valence-corrected chi connectivity index (χ1v) is 17.0. The van der Waals surface area contributed by atoms with Crippen molar-refractivity contribution in [1.82, 2.24) is 9.88 Å². The molecule has 0 fully saturated rings. The molecule has 1 heterocycles. The third-order valence-corrected chi connectivity index (χ3v) is 9.21. The molecule has 0 spiro atoms. The molecule has 0 saturated heterocycles. The first-order chi connectivity index (χ1) is 23.3. The van der Waals surface area contributed by atoms with E-state index < -0.39 is 5.97 Å². The van der Waals surface area contributed by atoms with Crippen LogP contribution in [-0.4, -0.2) is 42.6 Å². The van der Waals surface area contributed by atoms with Gasteiger partial charge in [0.25, 0.3) is 5.91 Å². The van der Waals surface area contributed by atoms with E-state index in [0.29, 0.717) is 33.1 Å². The van der Waals surface area contributed by atoms with Crippen molar-refractivity contribution in [3.8, 4) is 5.75 Å². The Hall–Kier alpha value is -4.62. The van der Waals surface area contributed by atoms with Gasteiger partial charge in [0, 0.05) is 27.7 Å². The molecule has 0 atom stereocenters. The van der Waals surface area contributed by atoms with Crippen molar-refractivity contribution in [1.29, 1.82) is 0 Å². The number of allylic oxidation sites excluding steroid dienone is 9. The number of halogens is 1. The van der Waals surface area contributed by atoms with Gasteiger partial charge in [0.15, 0.2) is 0 Å². The molecule has 2 aromatic carbocycles. The number of amides is 1. The molecule has 4 rings (SSSR count). The summed E-state index contributed by atoms with van der Waals surface area (Å²) >= 11 is 6.03. The number of nitrogens with zero attached hydrogens (tertiary/aromatic N) is 1. The van der Waals surface area contributed by atoms with Gasteiger partial charge in [0.05, 0.1) is 25.6 Å². The summed E-state index contributed by atoms with van der Waals surface area (Å²) in [4.78, 5) is 38.9. The fraction of sp³-hybridized carbons (Fsp3) is 0.341. The normalized spacial score (nSPS) is 15.3. The van der Waals surface area contributed by atoms with Crippen molar-refractivity contribution in [2.24, 2.45) is 5.41 Å². The number of esters is 1. The fourth-order valence-corrected chi connectivity index (χ4v) is 6.39. The molecular formula is C41H47ClN2O5. The maximum Gasteiger partial charge on any atom is 0.331 e. The molecular weight excluding hydrogens is 636 g/mol. The maximum atomic E-state index is 13.5. The summed E-state index contributed by atoms with van der Waals surface area (Å²) in [6.45, 7) is 12.7. The van der Waals surface area contributed by atoms with Crippen molar-refractivity contribution >= 4 is 40.3 Å². The third kappa shape index (κ3) is 9.73. The van der Waals surface area contributed by atoms with Crippen molar-refractivity contribution in [3.63, 3.8) is 0 Å². The second kappa shape index (κ2) is 16.7. The minimum absolute atomic E-state index is 0.0249. The average molecular weight is 683 g/mol. The largest absolute Gasteiger partial charge is 0.497 e. The smallest absolute Gasteiger partial charge is 0.331 e. The molecule has 49 heavy (non-hydrogen) atoms. The topological polar surface area (TPSA) is 86.6 Å². The van der Waals surface area contributed by atoms with E-state index in [1.807, 2.05) is 44.2 Å². The highest BCUT2D eigenvalue weighted by Crippen LogP contribution is 2.40. The quantitative estimate of drug-likeness (QED) is 0.0892. The van der Waals surface area contributed by atoms with Crippen molar-refractivity contribution in [2.75, 3.05) is 20.3 Å². The summed E-state index contributed by atoms with van der Waals surface area (Å²) in [7, 11) is 1.57. The Morgan fingerprint density at radius 3 is 2.45 bits per heavy atom. The van der Waals surface area contributed by atoms with Gasteiger partial charge in [-0.3, -0.25) is 14.2 Å². The van der Waals surface area contributed by atoms with E-state index in [9.17, 15) is 14.4 Å². The zero-order chi connectivity index (χ0) is 35.7. The lowest BCUT2D eigenvalue weighted by atomic mass is 9.72. The van der Waals surface area contributed by atoms with Crippen LogP contribution < -0.4 is 10.1 Å². The number of fused-ring (bicyclic) bond motifs is 1. The number of carbonyl (C=O) groups is 3. The number of rotatable bonds is 12. The van der Waals surface area contributed by atoms with Gasteiger partial charge in [-0.25, -0.2) is 4.79 Å². The number of nitrogens with one attached hydrogen (secondary N) is 1. The number of hydrogen-bond acceptors (Lipinski definition) is 5. The van der Waals surface area contributed by atoms with Crippen LogP contribution in [0.25, 0.3) is 10.9 Å². The summed E-state index contributed by atoms with van der Waals surface area (Å²) < 4.78 is 12.3. The Labute approximate surface area is 295 Å². The average Bonchev–Trinajstić information content (AvgIpc) is 3.32. The van der Waals surface area contributed by atoms with E-state index in [1.165, 1.54) is 30.1 Å². The van der Waals surface area contributed by atoms with Crippen LogP contribution in [0.15, 0.2) is 101 Å². The van der Waals surface area contributed by atoms with Gasteiger partial charge in [-0.2, -0.15) is 0 Å². The lowest BCUT2D eigenvalue weighted by molar-refractivity contribution is -0.138. The molecule has 3 aromatic rings. The Morgan fingerprint density at radius 1 is 1.02 bits per heavy atom. The summed E-state index contributed by atoms with van der Waals surface area (Å²) in [5, 5.41) is 4.10. The van der Waals surface area contributed by atoms with Crippen molar-refractivity contribution in [3.05, 3.63) is 123 Å². The minimum atomic E-state index is -0.481. The van der Waals surface area contributed by atoms with Crippen LogP contribution in [0.5, 0.6) is 5.75 Å². The van der Waals surface area contributed by atoms with E-state index in [-0.39, 0.29) is 36.8 Å². The molecule has 1 N–H and O–H groups in total. The molecule has 0 saturated carbocycles. The van der Waals surface area contributed by atoms with Crippen LogP contribution in [0, 0.1) is 12.3 Å². The van der Waals surface area contributed by atoms with Crippen molar-refractivity contribution in [2.45, 2.75) is 67.2 Å². The molecule has 1 amide bonds. The second-order valence-electron chi connectivity index (χ2n) is 13.2. The van der Waals surface area contributed by atoms with Gasteiger partial charge in [0.2, 0.25) is 5.91 Å². The zero-order valence-electron chi connectivity index (χ0n) is 29.6. The van der Waals surface area contributed by atoms with E-state index in [2.05, 4.69) is 45.2 Å². The first-order valence-electron chi connectivity index (χ1n) is 16.6. The minimum Gasteiger partial charge on any atom is -0.497 e. The molecule has 7 nitrogen and oxygen atoms in total. The lowest BCUT2D eigenvalue weighted by Crippen LogP contribution is -2.29. The van der Waals surface area contributed by atoms with E-state index in [0.717, 1.165) is 23.0 Å². The van der Waals surface area contributed by atoms with Crippen LogP contribution in [-0.2, 0) is 20.7 Å². The molecule has 0 unspecified atom stereocenters. The van der Waals surface area contributed by atoms with Gasteiger partial charge in [-0.05, 0) is 112 Å². The molecule has 8 heteroatoms. The Morgan fingerprint density at radius 2 is 1.76 bits per heavy atom. The SMILES string of the molecule is COc1ccc2c(c1)c(CC(=O)NCCOC(=O)C=C(C)C=CC=C(C)C=CC1=C(C)CCCC1(C)C)c(C)n2C(=O)c1ccc(Cl)cc1. The predicted octanol–water partition coefficient (Wildman–Crippen LogP) is 9.03. The lowest BCUT2D eigenvalue weighted by Gasteiger charge is -2.32. The highest BCUT2D eigenvalue weighted by molar-refractivity contribution is 6.30. The zero-order valence-corrected chi connectivity index (χ0v) is 30.4. The summed E-state index contributed by atoms with van der Waals surface area (Å²) in [6, 6.07) is 12.1. The number of hydrogen-bond donors (Lipinski definition) is 1. The Bertz CT molecular complexity index is 1870. The van der Waals surface area contributed by atoms with Gasteiger partial charge in [0.1, 0.15) is 12.4 Å². The standard InChI is InChI=1S/C41H47ClN2O5/c1-27(13-19-36-29(3)12-9-21-41(36,5)6)10-8-11-28(2)24-39(46)49-23-22-43-38(45)26-34-30(4)44(37-20-18-33(48-7)25-35(34)37)40(47)31-14-16-32(42)17-15-31/h8,10-11,13-20,24-25H,9,12,21-23,26H2,1-7H3,(H,43,45). The molecule has 0 bridgehead atoms.